The van der Waals surface area contributed by atoms with Crippen LogP contribution in [0.2, 0.25) is 0 Å². The van der Waals surface area contributed by atoms with Gasteiger partial charge in [0.25, 0.3) is 0 Å². The molecule has 1 unspecified atom stereocenters. The zero-order chi connectivity index (χ0) is 9.56. The van der Waals surface area contributed by atoms with E-state index < -0.39 is 0 Å². The van der Waals surface area contributed by atoms with E-state index in [9.17, 15) is 0 Å². The molecule has 0 bridgehead atoms. The van der Waals surface area contributed by atoms with Crippen LogP contribution in [0.5, 0.6) is 0 Å². The van der Waals surface area contributed by atoms with E-state index in [-0.39, 0.29) is 6.61 Å². The molecule has 0 radical (unpaired) electrons. The van der Waals surface area contributed by atoms with Crippen molar-refractivity contribution in [2.45, 2.75) is 26.7 Å². The molecule has 0 aromatic heterocycles. The molecule has 1 atom stereocenters. The van der Waals surface area contributed by atoms with Gasteiger partial charge in [0.15, 0.2) is 0 Å². The van der Waals surface area contributed by atoms with Crippen LogP contribution in [0.1, 0.15) is 26.7 Å². The van der Waals surface area contributed by atoms with Crippen LogP contribution >= 0.6 is 0 Å². The number of rotatable bonds is 5. The van der Waals surface area contributed by atoms with Gasteiger partial charge in [-0.3, -0.25) is 0 Å². The predicted molar refractivity (Wildman–Crippen MR) is 52.6 cm³/mol. The molecule has 12 heavy (non-hydrogen) atoms. The van der Waals surface area contributed by atoms with Gasteiger partial charge in [-0.05, 0) is 31.8 Å². The Bertz CT molecular complexity index is 173. The van der Waals surface area contributed by atoms with Crippen LogP contribution in [-0.2, 0) is 0 Å². The summed E-state index contributed by atoms with van der Waals surface area (Å²) >= 11 is 0. The Balaban J connectivity index is 3.91. The van der Waals surface area contributed by atoms with Gasteiger partial charge in [0.1, 0.15) is 0 Å². The normalized spacial score (nSPS) is 14.4. The van der Waals surface area contributed by atoms with E-state index in [1.807, 2.05) is 13.0 Å². The molecule has 0 heterocycles. The Morgan fingerprint density at radius 2 is 2.25 bits per heavy atom. The van der Waals surface area contributed by atoms with Crippen molar-refractivity contribution in [1.29, 1.82) is 0 Å². The highest BCUT2D eigenvalue weighted by molar-refractivity contribution is 5.17. The monoisotopic (exact) mass is 169 g/mol. The zero-order valence-electron chi connectivity index (χ0n) is 8.01. The van der Waals surface area contributed by atoms with Gasteiger partial charge in [-0.1, -0.05) is 19.1 Å². The molecule has 0 aliphatic rings. The third kappa shape index (κ3) is 4.97. The minimum Gasteiger partial charge on any atom is -0.402 e. The highest BCUT2D eigenvalue weighted by Gasteiger charge is 2.03. The highest BCUT2D eigenvalue weighted by atomic mass is 16.2. The van der Waals surface area contributed by atoms with Gasteiger partial charge in [0.05, 0.1) is 0 Å². The molecule has 0 fully saturated rings. The maximum Gasteiger partial charge on any atom is 0.0431 e. The summed E-state index contributed by atoms with van der Waals surface area (Å²) in [4.78, 5) is 0. The molecule has 3 N–H and O–H groups in total. The van der Waals surface area contributed by atoms with Crippen molar-refractivity contribution in [3.63, 3.8) is 0 Å². The number of hydrogen-bond acceptors (Lipinski definition) is 2. The first-order chi connectivity index (χ1) is 5.57. The van der Waals surface area contributed by atoms with Gasteiger partial charge in [-0.15, -0.1) is 0 Å². The summed E-state index contributed by atoms with van der Waals surface area (Å²) in [5, 5.41) is 8.60. The van der Waals surface area contributed by atoms with E-state index >= 15 is 0 Å². The molecule has 2 heteroatoms. The van der Waals surface area contributed by atoms with E-state index in [1.54, 1.807) is 0 Å². The summed E-state index contributed by atoms with van der Waals surface area (Å²) < 4.78 is 0. The molecule has 0 spiro atoms. The summed E-state index contributed by atoms with van der Waals surface area (Å²) in [6.45, 7) is 7.97. The van der Waals surface area contributed by atoms with E-state index in [0.717, 1.165) is 24.1 Å². The average Bonchev–Trinajstić information content (AvgIpc) is 1.98. The van der Waals surface area contributed by atoms with Gasteiger partial charge in [-0.25, -0.2) is 0 Å². The first-order valence-corrected chi connectivity index (χ1v) is 4.31. The Kier molecular flexibility index (Phi) is 5.47. The lowest BCUT2D eigenvalue weighted by Gasteiger charge is -2.10. The van der Waals surface area contributed by atoms with Crippen molar-refractivity contribution in [1.82, 2.24) is 0 Å². The molecule has 0 saturated heterocycles. The van der Waals surface area contributed by atoms with Crippen LogP contribution in [0.15, 0.2) is 23.9 Å². The maximum atomic E-state index is 8.60. The second-order valence-electron chi connectivity index (χ2n) is 3.26. The van der Waals surface area contributed by atoms with E-state index in [2.05, 4.69) is 13.5 Å². The van der Waals surface area contributed by atoms with Crippen molar-refractivity contribution < 1.29 is 5.11 Å². The van der Waals surface area contributed by atoms with E-state index in [1.165, 1.54) is 0 Å². The van der Waals surface area contributed by atoms with Crippen LogP contribution in [-0.4, -0.2) is 11.7 Å². The molecule has 0 aliphatic heterocycles. The molecule has 70 valence electrons. The van der Waals surface area contributed by atoms with E-state index in [0.29, 0.717) is 5.92 Å². The molecule has 0 rings (SSSR count). The first-order valence-electron chi connectivity index (χ1n) is 4.31. The second kappa shape index (κ2) is 5.84. The molecular weight excluding hydrogens is 150 g/mol. The molecule has 0 aromatic carbocycles. The van der Waals surface area contributed by atoms with Crippen molar-refractivity contribution in [3.8, 4) is 0 Å². The Hall–Kier alpha value is -0.760. The van der Waals surface area contributed by atoms with Crippen LogP contribution in [0.3, 0.4) is 0 Å². The SMILES string of the molecule is C=C(C)/C=C(/N)C(C)CCCO. The molecule has 0 aliphatic carbocycles. The van der Waals surface area contributed by atoms with Gasteiger partial charge in [0, 0.05) is 12.3 Å². The Labute approximate surface area is 74.8 Å². The molecule has 0 aromatic rings. The lowest BCUT2D eigenvalue weighted by atomic mass is 10.0. The van der Waals surface area contributed by atoms with Crippen LogP contribution < -0.4 is 5.73 Å². The lowest BCUT2D eigenvalue weighted by Crippen LogP contribution is -2.09. The fourth-order valence-electron chi connectivity index (χ4n) is 0.991. The number of aliphatic hydroxyl groups excluding tert-OH is 1. The fraction of sp³-hybridized carbons (Fsp3) is 0.600. The second-order valence-corrected chi connectivity index (χ2v) is 3.26. The maximum absolute atomic E-state index is 8.60. The van der Waals surface area contributed by atoms with Gasteiger partial charge < -0.3 is 10.8 Å². The highest BCUT2D eigenvalue weighted by Crippen LogP contribution is 2.12. The molecule has 2 nitrogen and oxygen atoms in total. The first kappa shape index (κ1) is 11.2. The smallest absolute Gasteiger partial charge is 0.0431 e. The number of allylic oxidation sites excluding steroid dienone is 3. The average molecular weight is 169 g/mol. The quantitative estimate of drug-likeness (QED) is 0.617. The Morgan fingerprint density at radius 1 is 1.67 bits per heavy atom. The minimum absolute atomic E-state index is 0.241. The number of aliphatic hydroxyl groups is 1. The van der Waals surface area contributed by atoms with Crippen molar-refractivity contribution >= 4 is 0 Å². The summed E-state index contributed by atoms with van der Waals surface area (Å²) in [6.07, 6.45) is 3.64. The van der Waals surface area contributed by atoms with Crippen molar-refractivity contribution in [3.05, 3.63) is 23.9 Å². The molecule has 0 amide bonds. The molecular formula is C10H19NO. The molecule has 0 saturated carbocycles. The van der Waals surface area contributed by atoms with Crippen molar-refractivity contribution in [2.24, 2.45) is 11.7 Å². The summed E-state index contributed by atoms with van der Waals surface area (Å²) in [5.41, 5.74) is 7.61. The van der Waals surface area contributed by atoms with E-state index in [4.69, 9.17) is 10.8 Å². The van der Waals surface area contributed by atoms with Crippen LogP contribution in [0.25, 0.3) is 0 Å². The van der Waals surface area contributed by atoms with Crippen LogP contribution in [0.4, 0.5) is 0 Å². The zero-order valence-corrected chi connectivity index (χ0v) is 8.01. The Morgan fingerprint density at radius 3 is 2.67 bits per heavy atom. The largest absolute Gasteiger partial charge is 0.402 e. The summed E-state index contributed by atoms with van der Waals surface area (Å²) in [5.74, 6) is 0.342. The predicted octanol–water partition coefficient (Wildman–Crippen LogP) is 1.81. The standard InChI is InChI=1S/C10H19NO/c1-8(2)7-10(11)9(3)5-4-6-12/h7,9,12H,1,4-6,11H2,2-3H3/b10-7+. The third-order valence-electron chi connectivity index (χ3n) is 1.78. The number of nitrogens with two attached hydrogens (primary N) is 1. The number of hydrogen-bond donors (Lipinski definition) is 2. The van der Waals surface area contributed by atoms with Crippen molar-refractivity contribution in [2.75, 3.05) is 6.61 Å². The minimum atomic E-state index is 0.241. The third-order valence-corrected chi connectivity index (χ3v) is 1.78. The van der Waals surface area contributed by atoms with Gasteiger partial charge in [0.2, 0.25) is 0 Å². The fourth-order valence-corrected chi connectivity index (χ4v) is 0.991. The van der Waals surface area contributed by atoms with Gasteiger partial charge in [-0.2, -0.15) is 0 Å². The lowest BCUT2D eigenvalue weighted by molar-refractivity contribution is 0.277. The topological polar surface area (TPSA) is 46.2 Å². The van der Waals surface area contributed by atoms with Crippen LogP contribution in [0, 0.1) is 5.92 Å². The summed E-state index contributed by atoms with van der Waals surface area (Å²) in [6, 6.07) is 0. The summed E-state index contributed by atoms with van der Waals surface area (Å²) in [7, 11) is 0. The van der Waals surface area contributed by atoms with Gasteiger partial charge >= 0.3 is 0 Å².